The van der Waals surface area contributed by atoms with E-state index >= 15 is 0 Å². The van der Waals surface area contributed by atoms with Crippen molar-refractivity contribution in [2.24, 2.45) is 0 Å². The summed E-state index contributed by atoms with van der Waals surface area (Å²) in [4.78, 5) is 6.94. The second kappa shape index (κ2) is 7.05. The van der Waals surface area contributed by atoms with E-state index in [0.717, 1.165) is 31.7 Å². The lowest BCUT2D eigenvalue weighted by Gasteiger charge is -2.28. The first-order valence-electron chi connectivity index (χ1n) is 7.94. The summed E-state index contributed by atoms with van der Waals surface area (Å²) >= 11 is 1.76. The van der Waals surface area contributed by atoms with Gasteiger partial charge >= 0.3 is 0 Å². The van der Waals surface area contributed by atoms with Crippen LogP contribution in [-0.4, -0.2) is 27.4 Å². The van der Waals surface area contributed by atoms with Crippen LogP contribution in [-0.2, 0) is 0 Å². The maximum Gasteiger partial charge on any atom is 0.294 e. The molecule has 1 aliphatic carbocycles. The first-order valence-corrected chi connectivity index (χ1v) is 8.82. The Bertz CT molecular complexity index is 669. The van der Waals surface area contributed by atoms with Crippen LogP contribution < -0.4 is 9.46 Å². The molecule has 0 atom stereocenters. The average Bonchev–Trinajstić information content (AvgIpc) is 2.94. The molecule has 0 unspecified atom stereocenters. The number of aromatic amines is 1. The van der Waals surface area contributed by atoms with Crippen LogP contribution in [0.15, 0.2) is 12.1 Å². The Hall–Kier alpha value is -1.34. The van der Waals surface area contributed by atoms with Crippen molar-refractivity contribution in [1.29, 1.82) is 0 Å². The number of H-pyrrole nitrogens is 1. The van der Waals surface area contributed by atoms with Gasteiger partial charge in [0.15, 0.2) is 11.6 Å². The predicted molar refractivity (Wildman–Crippen MR) is 88.5 cm³/mol. The van der Waals surface area contributed by atoms with Crippen molar-refractivity contribution in [3.8, 4) is 6.01 Å². The van der Waals surface area contributed by atoms with Gasteiger partial charge in [-0.3, -0.25) is 4.72 Å². The number of ether oxygens (including phenoxy) is 1. The molecule has 1 heterocycles. The highest BCUT2D eigenvalue weighted by molar-refractivity contribution is 7.98. The summed E-state index contributed by atoms with van der Waals surface area (Å²) in [6, 6.07) is 3.32. The van der Waals surface area contributed by atoms with E-state index in [0.29, 0.717) is 16.8 Å². The Balaban J connectivity index is 1.58. The van der Waals surface area contributed by atoms with Crippen molar-refractivity contribution in [2.45, 2.75) is 56.9 Å². The molecule has 1 fully saturated rings. The summed E-state index contributed by atoms with van der Waals surface area (Å²) in [7, 11) is 0. The Morgan fingerprint density at radius 3 is 2.70 bits per heavy atom. The van der Waals surface area contributed by atoms with Crippen molar-refractivity contribution in [2.75, 3.05) is 0 Å². The highest BCUT2D eigenvalue weighted by Crippen LogP contribution is 2.26. The van der Waals surface area contributed by atoms with E-state index in [-0.39, 0.29) is 17.6 Å². The standard InChI is InChI=1S/C16H21F2N3OS/c1-9(2)23-21-10-3-5-11(6-4-10)22-16-19-13-8-7-12(17)14(18)15(13)20-16/h7-11,21H,3-6H2,1-2H3,(H,19,20). The number of nitrogens with zero attached hydrogens (tertiary/aromatic N) is 1. The molecule has 0 spiro atoms. The van der Waals surface area contributed by atoms with Crippen LogP contribution in [0.3, 0.4) is 0 Å². The number of aromatic nitrogens is 2. The topological polar surface area (TPSA) is 49.9 Å². The van der Waals surface area contributed by atoms with Crippen LogP contribution in [0, 0.1) is 11.6 Å². The van der Waals surface area contributed by atoms with E-state index in [1.54, 1.807) is 11.9 Å². The lowest BCUT2D eigenvalue weighted by atomic mass is 9.94. The number of hydrogen-bond acceptors (Lipinski definition) is 4. The van der Waals surface area contributed by atoms with Crippen LogP contribution in [0.5, 0.6) is 6.01 Å². The van der Waals surface area contributed by atoms with Crippen LogP contribution in [0.4, 0.5) is 8.78 Å². The number of fused-ring (bicyclic) bond motifs is 1. The molecule has 126 valence electrons. The maximum atomic E-state index is 13.7. The van der Waals surface area contributed by atoms with Crippen LogP contribution in [0.1, 0.15) is 39.5 Å². The Morgan fingerprint density at radius 2 is 2.00 bits per heavy atom. The molecule has 0 radical (unpaired) electrons. The van der Waals surface area contributed by atoms with Crippen molar-refractivity contribution < 1.29 is 13.5 Å². The number of halogens is 2. The van der Waals surface area contributed by atoms with Gasteiger partial charge in [-0.05, 0) is 37.8 Å². The number of nitrogens with one attached hydrogen (secondary N) is 2. The van der Waals surface area contributed by atoms with E-state index in [4.69, 9.17) is 4.74 Å². The molecule has 0 saturated heterocycles. The Kier molecular flexibility index (Phi) is 5.06. The largest absolute Gasteiger partial charge is 0.461 e. The van der Waals surface area contributed by atoms with E-state index in [9.17, 15) is 8.78 Å². The minimum Gasteiger partial charge on any atom is -0.461 e. The van der Waals surface area contributed by atoms with Crippen molar-refractivity contribution in [1.82, 2.24) is 14.7 Å². The molecule has 0 aliphatic heterocycles. The minimum absolute atomic E-state index is 0.0105. The zero-order valence-corrected chi connectivity index (χ0v) is 14.1. The van der Waals surface area contributed by atoms with E-state index < -0.39 is 11.6 Å². The van der Waals surface area contributed by atoms with Gasteiger partial charge in [-0.15, -0.1) is 0 Å². The zero-order valence-electron chi connectivity index (χ0n) is 13.2. The zero-order chi connectivity index (χ0) is 16.4. The highest BCUT2D eigenvalue weighted by atomic mass is 32.2. The maximum absolute atomic E-state index is 13.7. The smallest absolute Gasteiger partial charge is 0.294 e. The number of benzene rings is 1. The summed E-state index contributed by atoms with van der Waals surface area (Å²) in [5.74, 6) is -1.84. The molecule has 1 aliphatic rings. The summed E-state index contributed by atoms with van der Waals surface area (Å²) in [5.41, 5.74) is 0.436. The monoisotopic (exact) mass is 341 g/mol. The Labute approximate surface area is 138 Å². The van der Waals surface area contributed by atoms with E-state index in [1.165, 1.54) is 6.07 Å². The third-order valence-electron chi connectivity index (χ3n) is 3.95. The minimum atomic E-state index is -0.938. The van der Waals surface area contributed by atoms with E-state index in [1.807, 2.05) is 0 Å². The highest BCUT2D eigenvalue weighted by Gasteiger charge is 2.24. The average molecular weight is 341 g/mol. The van der Waals surface area contributed by atoms with Gasteiger partial charge in [-0.2, -0.15) is 4.98 Å². The Morgan fingerprint density at radius 1 is 1.26 bits per heavy atom. The molecule has 0 amide bonds. The molecule has 3 rings (SSSR count). The fourth-order valence-corrected chi connectivity index (χ4v) is 3.44. The second-order valence-electron chi connectivity index (χ2n) is 6.18. The van der Waals surface area contributed by atoms with Gasteiger partial charge in [0.1, 0.15) is 11.6 Å². The van der Waals surface area contributed by atoms with Gasteiger partial charge in [-0.1, -0.05) is 25.8 Å². The predicted octanol–water partition coefficient (Wildman–Crippen LogP) is 4.18. The summed E-state index contributed by atoms with van der Waals surface area (Å²) < 4.78 is 36.2. The molecular formula is C16H21F2N3OS. The number of rotatable bonds is 5. The van der Waals surface area contributed by atoms with Gasteiger partial charge in [0, 0.05) is 11.3 Å². The molecule has 4 nitrogen and oxygen atoms in total. The molecule has 23 heavy (non-hydrogen) atoms. The molecule has 7 heteroatoms. The lowest BCUT2D eigenvalue weighted by molar-refractivity contribution is 0.134. The summed E-state index contributed by atoms with van der Waals surface area (Å²) in [6.45, 7) is 4.33. The molecule has 1 aromatic heterocycles. The normalized spacial score (nSPS) is 22.0. The quantitative estimate of drug-likeness (QED) is 0.801. The van der Waals surface area contributed by atoms with Gasteiger partial charge in [0.05, 0.1) is 5.52 Å². The van der Waals surface area contributed by atoms with Gasteiger partial charge in [0.25, 0.3) is 6.01 Å². The molecule has 0 bridgehead atoms. The van der Waals surface area contributed by atoms with Crippen molar-refractivity contribution in [3.05, 3.63) is 23.8 Å². The van der Waals surface area contributed by atoms with Crippen LogP contribution in [0.2, 0.25) is 0 Å². The third-order valence-corrected chi connectivity index (χ3v) is 4.89. The fourth-order valence-electron chi connectivity index (χ4n) is 2.74. The first-order chi connectivity index (χ1) is 11.0. The SMILES string of the molecule is CC(C)SNC1CCC(Oc2nc3c(F)c(F)ccc3[nH]2)CC1. The van der Waals surface area contributed by atoms with Crippen molar-refractivity contribution in [3.63, 3.8) is 0 Å². The summed E-state index contributed by atoms with van der Waals surface area (Å²) in [5, 5.41) is 0.565. The van der Waals surface area contributed by atoms with Crippen LogP contribution in [0.25, 0.3) is 11.0 Å². The van der Waals surface area contributed by atoms with Gasteiger partial charge < -0.3 is 9.72 Å². The molecule has 2 N–H and O–H groups in total. The number of hydrogen-bond donors (Lipinski definition) is 2. The molecule has 2 aromatic rings. The van der Waals surface area contributed by atoms with Gasteiger partial charge in [0.2, 0.25) is 0 Å². The number of imidazole rings is 1. The first kappa shape index (κ1) is 16.5. The second-order valence-corrected chi connectivity index (χ2v) is 7.59. The molecular weight excluding hydrogens is 320 g/mol. The van der Waals surface area contributed by atoms with Crippen molar-refractivity contribution >= 4 is 23.0 Å². The van der Waals surface area contributed by atoms with E-state index in [2.05, 4.69) is 28.5 Å². The third kappa shape index (κ3) is 3.95. The lowest BCUT2D eigenvalue weighted by Crippen LogP contribution is -2.33. The molecule has 1 saturated carbocycles. The molecule has 1 aromatic carbocycles. The van der Waals surface area contributed by atoms with Crippen LogP contribution >= 0.6 is 11.9 Å². The fraction of sp³-hybridized carbons (Fsp3) is 0.562. The summed E-state index contributed by atoms with van der Waals surface area (Å²) in [6.07, 6.45) is 3.97. The van der Waals surface area contributed by atoms with Gasteiger partial charge in [-0.25, -0.2) is 8.78 Å².